The van der Waals surface area contributed by atoms with E-state index in [2.05, 4.69) is 21.2 Å². The highest BCUT2D eigenvalue weighted by Gasteiger charge is 2.13. The van der Waals surface area contributed by atoms with Crippen molar-refractivity contribution in [2.75, 3.05) is 6.54 Å². The molecule has 0 fully saturated rings. The smallest absolute Gasteiger partial charge is 0.303 e. The lowest BCUT2D eigenvalue weighted by Crippen LogP contribution is -2.25. The van der Waals surface area contributed by atoms with Gasteiger partial charge in [0.15, 0.2) is 0 Å². The Labute approximate surface area is 106 Å². The number of halogens is 2. The van der Waals surface area contributed by atoms with Crippen molar-refractivity contribution < 1.29 is 19.1 Å². The molecule has 0 saturated heterocycles. The maximum absolute atomic E-state index is 13.5. The fourth-order valence-electron chi connectivity index (χ4n) is 1.22. The molecule has 0 heterocycles. The predicted octanol–water partition coefficient (Wildman–Crippen LogP) is 2.18. The Balaban J connectivity index is 2.53. The highest BCUT2D eigenvalue weighted by Crippen LogP contribution is 2.18. The van der Waals surface area contributed by atoms with E-state index in [0.29, 0.717) is 6.42 Å². The summed E-state index contributed by atoms with van der Waals surface area (Å²) < 4.78 is 13.7. The zero-order valence-corrected chi connectivity index (χ0v) is 10.5. The minimum atomic E-state index is -0.923. The SMILES string of the molecule is O=C(O)CCCNC(=O)c1cccc(Br)c1F. The molecule has 2 N–H and O–H groups in total. The van der Waals surface area contributed by atoms with E-state index >= 15 is 0 Å². The average Bonchev–Trinajstić information content (AvgIpc) is 2.27. The van der Waals surface area contributed by atoms with Gasteiger partial charge >= 0.3 is 5.97 Å². The summed E-state index contributed by atoms with van der Waals surface area (Å²) in [6, 6.07) is 4.42. The van der Waals surface area contributed by atoms with Crippen molar-refractivity contribution in [2.24, 2.45) is 0 Å². The first-order valence-electron chi connectivity index (χ1n) is 4.96. The summed E-state index contributed by atoms with van der Waals surface area (Å²) in [6.07, 6.45) is 0.290. The highest BCUT2D eigenvalue weighted by molar-refractivity contribution is 9.10. The summed E-state index contributed by atoms with van der Waals surface area (Å²) in [7, 11) is 0. The first-order valence-corrected chi connectivity index (χ1v) is 5.75. The van der Waals surface area contributed by atoms with Crippen molar-refractivity contribution >= 4 is 27.8 Å². The van der Waals surface area contributed by atoms with Crippen molar-refractivity contribution in [3.63, 3.8) is 0 Å². The molecular weight excluding hydrogens is 293 g/mol. The summed E-state index contributed by atoms with van der Waals surface area (Å²) >= 11 is 2.98. The Hall–Kier alpha value is -1.43. The average molecular weight is 304 g/mol. The minimum absolute atomic E-state index is 0.0265. The second-order valence-electron chi connectivity index (χ2n) is 3.35. The van der Waals surface area contributed by atoms with Crippen LogP contribution in [0.5, 0.6) is 0 Å². The molecule has 0 aromatic heterocycles. The van der Waals surface area contributed by atoms with Gasteiger partial charge in [0, 0.05) is 13.0 Å². The van der Waals surface area contributed by atoms with Crippen molar-refractivity contribution in [1.29, 1.82) is 0 Å². The molecule has 92 valence electrons. The molecule has 0 spiro atoms. The quantitative estimate of drug-likeness (QED) is 0.819. The van der Waals surface area contributed by atoms with Crippen LogP contribution in [0.15, 0.2) is 22.7 Å². The molecule has 1 aromatic rings. The molecule has 0 atom stereocenters. The fourth-order valence-corrected chi connectivity index (χ4v) is 1.58. The maximum atomic E-state index is 13.5. The Morgan fingerprint density at radius 3 is 2.76 bits per heavy atom. The summed E-state index contributed by atoms with van der Waals surface area (Å²) in [4.78, 5) is 21.8. The van der Waals surface area contributed by atoms with Gasteiger partial charge in [-0.15, -0.1) is 0 Å². The molecule has 0 radical (unpaired) electrons. The van der Waals surface area contributed by atoms with Gasteiger partial charge < -0.3 is 10.4 Å². The molecular formula is C11H11BrFNO3. The van der Waals surface area contributed by atoms with Crippen molar-refractivity contribution in [2.45, 2.75) is 12.8 Å². The Morgan fingerprint density at radius 2 is 2.12 bits per heavy atom. The molecule has 0 bridgehead atoms. The monoisotopic (exact) mass is 303 g/mol. The van der Waals surface area contributed by atoms with E-state index in [9.17, 15) is 14.0 Å². The number of rotatable bonds is 5. The first kappa shape index (κ1) is 13.6. The number of aliphatic carboxylic acids is 1. The normalized spacial score (nSPS) is 10.0. The largest absolute Gasteiger partial charge is 0.481 e. The molecule has 0 aliphatic carbocycles. The topological polar surface area (TPSA) is 66.4 Å². The fraction of sp³-hybridized carbons (Fsp3) is 0.273. The van der Waals surface area contributed by atoms with Crippen LogP contribution in [0, 0.1) is 5.82 Å². The van der Waals surface area contributed by atoms with Crippen molar-refractivity contribution in [3.8, 4) is 0 Å². The van der Waals surface area contributed by atoms with E-state index < -0.39 is 17.7 Å². The van der Waals surface area contributed by atoms with Crippen LogP contribution in [0.2, 0.25) is 0 Å². The Bertz CT molecular complexity index is 437. The molecule has 1 rings (SSSR count). The second kappa shape index (κ2) is 6.34. The lowest BCUT2D eigenvalue weighted by atomic mass is 10.2. The van der Waals surface area contributed by atoms with Gasteiger partial charge in [0.2, 0.25) is 0 Å². The number of carboxylic acids is 1. The van der Waals surface area contributed by atoms with Crippen LogP contribution in [0.4, 0.5) is 4.39 Å². The molecule has 4 nitrogen and oxygen atoms in total. The number of amides is 1. The zero-order chi connectivity index (χ0) is 12.8. The van der Waals surface area contributed by atoms with Crippen LogP contribution in [-0.4, -0.2) is 23.5 Å². The third kappa shape index (κ3) is 4.14. The van der Waals surface area contributed by atoms with E-state index in [1.54, 1.807) is 6.07 Å². The molecule has 0 aliphatic heterocycles. The number of carbonyl (C=O) groups excluding carboxylic acids is 1. The molecule has 1 aromatic carbocycles. The van der Waals surface area contributed by atoms with E-state index in [-0.39, 0.29) is 23.0 Å². The molecule has 6 heteroatoms. The zero-order valence-electron chi connectivity index (χ0n) is 8.87. The number of carboxylic acid groups (broad SMARTS) is 1. The van der Waals surface area contributed by atoms with E-state index in [1.807, 2.05) is 0 Å². The van der Waals surface area contributed by atoms with E-state index in [0.717, 1.165) is 0 Å². The Morgan fingerprint density at radius 1 is 1.41 bits per heavy atom. The van der Waals surface area contributed by atoms with Crippen LogP contribution in [-0.2, 0) is 4.79 Å². The maximum Gasteiger partial charge on any atom is 0.303 e. The molecule has 0 aliphatic rings. The van der Waals surface area contributed by atoms with Crippen molar-refractivity contribution in [1.82, 2.24) is 5.32 Å². The van der Waals surface area contributed by atoms with Crippen LogP contribution >= 0.6 is 15.9 Å². The van der Waals surface area contributed by atoms with Gasteiger partial charge in [0.1, 0.15) is 5.82 Å². The van der Waals surface area contributed by atoms with Crippen LogP contribution in [0.1, 0.15) is 23.2 Å². The molecule has 0 unspecified atom stereocenters. The summed E-state index contributed by atoms with van der Waals surface area (Å²) in [6.45, 7) is 0.205. The number of benzene rings is 1. The van der Waals surface area contributed by atoms with Crippen LogP contribution < -0.4 is 5.32 Å². The van der Waals surface area contributed by atoms with Gasteiger partial charge in [-0.05, 0) is 34.5 Å². The third-order valence-corrected chi connectivity index (χ3v) is 2.66. The van der Waals surface area contributed by atoms with Gasteiger partial charge in [0.05, 0.1) is 10.0 Å². The minimum Gasteiger partial charge on any atom is -0.481 e. The number of carbonyl (C=O) groups is 2. The predicted molar refractivity (Wildman–Crippen MR) is 63.3 cm³/mol. The standard InChI is InChI=1S/C11H11BrFNO3/c12-8-4-1-3-7(10(8)13)11(17)14-6-2-5-9(15)16/h1,3-4H,2,5-6H2,(H,14,17)(H,15,16). The number of hydrogen-bond donors (Lipinski definition) is 2. The van der Waals surface area contributed by atoms with Gasteiger partial charge in [0.25, 0.3) is 5.91 Å². The summed E-state index contributed by atoms with van der Waals surface area (Å²) in [5.41, 5.74) is -0.0605. The van der Waals surface area contributed by atoms with E-state index in [4.69, 9.17) is 5.11 Å². The van der Waals surface area contributed by atoms with Gasteiger partial charge in [-0.3, -0.25) is 9.59 Å². The summed E-state index contributed by atoms with van der Waals surface area (Å²) in [5.74, 6) is -2.09. The van der Waals surface area contributed by atoms with Crippen LogP contribution in [0.25, 0.3) is 0 Å². The lowest BCUT2D eigenvalue weighted by Gasteiger charge is -2.06. The Kier molecular flexibility index (Phi) is 5.09. The molecule has 17 heavy (non-hydrogen) atoms. The van der Waals surface area contributed by atoms with Crippen LogP contribution in [0.3, 0.4) is 0 Å². The number of nitrogens with one attached hydrogen (secondary N) is 1. The van der Waals surface area contributed by atoms with Gasteiger partial charge in [-0.2, -0.15) is 0 Å². The van der Waals surface area contributed by atoms with Crippen molar-refractivity contribution in [3.05, 3.63) is 34.1 Å². The second-order valence-corrected chi connectivity index (χ2v) is 4.21. The first-order chi connectivity index (χ1) is 8.02. The van der Waals surface area contributed by atoms with Gasteiger partial charge in [-0.1, -0.05) is 6.07 Å². The lowest BCUT2D eigenvalue weighted by molar-refractivity contribution is -0.137. The number of hydrogen-bond acceptors (Lipinski definition) is 2. The molecule has 0 saturated carbocycles. The summed E-state index contributed by atoms with van der Waals surface area (Å²) in [5, 5.41) is 10.9. The molecule has 1 amide bonds. The highest BCUT2D eigenvalue weighted by atomic mass is 79.9. The van der Waals surface area contributed by atoms with E-state index in [1.165, 1.54) is 12.1 Å². The van der Waals surface area contributed by atoms with Gasteiger partial charge in [-0.25, -0.2) is 4.39 Å². The third-order valence-electron chi connectivity index (χ3n) is 2.05.